The molecule has 0 aromatic carbocycles. The highest BCUT2D eigenvalue weighted by molar-refractivity contribution is 5.86. The van der Waals surface area contributed by atoms with Crippen molar-refractivity contribution >= 4 is 17.8 Å². The van der Waals surface area contributed by atoms with Gasteiger partial charge in [-0.15, -0.1) is 0 Å². The SMILES string of the molecule is O=C(CN1CCCC1=O)NCC1(C(=O)O)CCCCC1. The molecule has 0 spiro atoms. The van der Waals surface area contributed by atoms with E-state index in [1.165, 1.54) is 4.90 Å². The zero-order valence-electron chi connectivity index (χ0n) is 11.7. The van der Waals surface area contributed by atoms with Gasteiger partial charge in [0.2, 0.25) is 11.8 Å². The molecule has 1 saturated carbocycles. The number of carboxylic acid groups (broad SMARTS) is 1. The molecule has 1 heterocycles. The summed E-state index contributed by atoms with van der Waals surface area (Å²) in [5.41, 5.74) is -0.817. The Morgan fingerprint density at radius 2 is 1.90 bits per heavy atom. The van der Waals surface area contributed by atoms with Crippen LogP contribution in [-0.2, 0) is 14.4 Å². The minimum absolute atomic E-state index is 0.00534. The van der Waals surface area contributed by atoms with Crippen LogP contribution in [0.15, 0.2) is 0 Å². The van der Waals surface area contributed by atoms with Crippen molar-refractivity contribution < 1.29 is 19.5 Å². The maximum absolute atomic E-state index is 11.9. The molecule has 112 valence electrons. The monoisotopic (exact) mass is 282 g/mol. The van der Waals surface area contributed by atoms with Crippen LogP contribution in [0, 0.1) is 5.41 Å². The highest BCUT2D eigenvalue weighted by Gasteiger charge is 2.39. The van der Waals surface area contributed by atoms with Crippen LogP contribution < -0.4 is 5.32 Å². The molecule has 2 aliphatic rings. The molecule has 2 fully saturated rings. The zero-order valence-corrected chi connectivity index (χ0v) is 11.7. The van der Waals surface area contributed by atoms with E-state index < -0.39 is 11.4 Å². The molecule has 1 aliphatic carbocycles. The fourth-order valence-corrected chi connectivity index (χ4v) is 3.06. The second-order valence-corrected chi connectivity index (χ2v) is 5.84. The fourth-order valence-electron chi connectivity index (χ4n) is 3.06. The first-order chi connectivity index (χ1) is 9.53. The van der Waals surface area contributed by atoms with Gasteiger partial charge in [-0.2, -0.15) is 0 Å². The van der Waals surface area contributed by atoms with Gasteiger partial charge in [0.1, 0.15) is 0 Å². The summed E-state index contributed by atoms with van der Waals surface area (Å²) >= 11 is 0. The van der Waals surface area contributed by atoms with Crippen LogP contribution in [0.4, 0.5) is 0 Å². The minimum atomic E-state index is -0.824. The van der Waals surface area contributed by atoms with E-state index in [-0.39, 0.29) is 24.9 Å². The second-order valence-electron chi connectivity index (χ2n) is 5.84. The van der Waals surface area contributed by atoms with Crippen molar-refractivity contribution in [2.24, 2.45) is 5.41 Å². The molecule has 2 amide bonds. The fraction of sp³-hybridized carbons (Fsp3) is 0.786. The van der Waals surface area contributed by atoms with Gasteiger partial charge in [0.05, 0.1) is 12.0 Å². The number of carbonyl (C=O) groups is 3. The lowest BCUT2D eigenvalue weighted by molar-refractivity contribution is -0.151. The second kappa shape index (κ2) is 6.24. The molecular formula is C14H22N2O4. The van der Waals surface area contributed by atoms with Crippen molar-refractivity contribution in [1.29, 1.82) is 0 Å². The van der Waals surface area contributed by atoms with Crippen molar-refractivity contribution in [3.63, 3.8) is 0 Å². The predicted octanol–water partition coefficient (Wildman–Crippen LogP) is 0.760. The molecule has 0 radical (unpaired) electrons. The quantitative estimate of drug-likeness (QED) is 0.779. The molecule has 6 nitrogen and oxygen atoms in total. The first-order valence-electron chi connectivity index (χ1n) is 7.31. The molecule has 6 heteroatoms. The Labute approximate surface area is 118 Å². The summed E-state index contributed by atoms with van der Waals surface area (Å²) in [5, 5.41) is 12.1. The van der Waals surface area contributed by atoms with Gasteiger partial charge >= 0.3 is 5.97 Å². The minimum Gasteiger partial charge on any atom is -0.481 e. The summed E-state index contributed by atoms with van der Waals surface area (Å²) in [6, 6.07) is 0. The molecule has 2 N–H and O–H groups in total. The van der Waals surface area contributed by atoms with E-state index in [9.17, 15) is 19.5 Å². The molecule has 0 bridgehead atoms. The Morgan fingerprint density at radius 3 is 2.45 bits per heavy atom. The number of amides is 2. The van der Waals surface area contributed by atoms with Gasteiger partial charge in [0.25, 0.3) is 0 Å². The number of nitrogens with one attached hydrogen (secondary N) is 1. The summed E-state index contributed by atoms with van der Waals surface area (Å²) in [5.74, 6) is -1.08. The van der Waals surface area contributed by atoms with Crippen LogP contribution in [0.25, 0.3) is 0 Å². The lowest BCUT2D eigenvalue weighted by Gasteiger charge is -2.33. The summed E-state index contributed by atoms with van der Waals surface area (Å²) in [6.07, 6.45) is 5.39. The van der Waals surface area contributed by atoms with Gasteiger partial charge < -0.3 is 15.3 Å². The molecule has 2 rings (SSSR count). The number of likely N-dealkylation sites (tertiary alicyclic amines) is 1. The molecule has 0 unspecified atom stereocenters. The largest absolute Gasteiger partial charge is 0.481 e. The highest BCUT2D eigenvalue weighted by atomic mass is 16.4. The van der Waals surface area contributed by atoms with Crippen molar-refractivity contribution in [3.05, 3.63) is 0 Å². The molecule has 1 aliphatic heterocycles. The molecule has 1 saturated heterocycles. The average molecular weight is 282 g/mol. The third-order valence-corrected chi connectivity index (χ3v) is 4.39. The third-order valence-electron chi connectivity index (χ3n) is 4.39. The van der Waals surface area contributed by atoms with Gasteiger partial charge in [-0.1, -0.05) is 19.3 Å². The maximum atomic E-state index is 11.9. The number of hydrogen-bond acceptors (Lipinski definition) is 3. The number of rotatable bonds is 5. The van der Waals surface area contributed by atoms with E-state index in [1.54, 1.807) is 0 Å². The molecular weight excluding hydrogens is 260 g/mol. The van der Waals surface area contributed by atoms with Crippen molar-refractivity contribution in [1.82, 2.24) is 10.2 Å². The van der Waals surface area contributed by atoms with Gasteiger partial charge in [0, 0.05) is 19.5 Å². The van der Waals surface area contributed by atoms with E-state index in [0.29, 0.717) is 25.8 Å². The number of carboxylic acids is 1. The Hall–Kier alpha value is -1.59. The van der Waals surface area contributed by atoms with Crippen molar-refractivity contribution in [2.45, 2.75) is 44.9 Å². The average Bonchev–Trinajstić information content (AvgIpc) is 2.83. The molecule has 0 atom stereocenters. The smallest absolute Gasteiger partial charge is 0.311 e. The molecule has 0 aromatic rings. The lowest BCUT2D eigenvalue weighted by Crippen LogP contribution is -2.47. The number of carbonyl (C=O) groups excluding carboxylic acids is 2. The predicted molar refractivity (Wildman–Crippen MR) is 72.0 cm³/mol. The van der Waals surface area contributed by atoms with Crippen LogP contribution in [0.5, 0.6) is 0 Å². The van der Waals surface area contributed by atoms with Crippen LogP contribution in [0.2, 0.25) is 0 Å². The van der Waals surface area contributed by atoms with E-state index in [2.05, 4.69) is 5.32 Å². The van der Waals surface area contributed by atoms with E-state index in [0.717, 1.165) is 25.7 Å². The van der Waals surface area contributed by atoms with Gasteiger partial charge in [-0.3, -0.25) is 14.4 Å². The van der Waals surface area contributed by atoms with Crippen LogP contribution in [0.3, 0.4) is 0 Å². The highest BCUT2D eigenvalue weighted by Crippen LogP contribution is 2.35. The van der Waals surface area contributed by atoms with Crippen LogP contribution in [-0.4, -0.2) is 47.4 Å². The summed E-state index contributed by atoms with van der Waals surface area (Å²) in [4.78, 5) is 36.3. The summed E-state index contributed by atoms with van der Waals surface area (Å²) in [6.45, 7) is 0.841. The lowest BCUT2D eigenvalue weighted by atomic mass is 9.74. The van der Waals surface area contributed by atoms with Gasteiger partial charge in [-0.25, -0.2) is 0 Å². The zero-order chi connectivity index (χ0) is 14.6. The Bertz CT molecular complexity index is 402. The van der Waals surface area contributed by atoms with E-state index >= 15 is 0 Å². The number of aliphatic carboxylic acids is 1. The first kappa shape index (κ1) is 14.8. The van der Waals surface area contributed by atoms with E-state index in [4.69, 9.17) is 0 Å². The van der Waals surface area contributed by atoms with E-state index in [1.807, 2.05) is 0 Å². The molecule has 0 aromatic heterocycles. The normalized spacial score (nSPS) is 21.8. The van der Waals surface area contributed by atoms with Crippen LogP contribution >= 0.6 is 0 Å². The van der Waals surface area contributed by atoms with Gasteiger partial charge in [0.15, 0.2) is 0 Å². The number of hydrogen-bond donors (Lipinski definition) is 2. The van der Waals surface area contributed by atoms with Crippen LogP contribution in [0.1, 0.15) is 44.9 Å². The third kappa shape index (κ3) is 3.29. The summed E-state index contributed by atoms with van der Waals surface area (Å²) < 4.78 is 0. The standard InChI is InChI=1S/C14H22N2O4/c17-11(9-16-8-4-5-12(16)18)15-10-14(13(19)20)6-2-1-3-7-14/h1-10H2,(H,15,17)(H,19,20). The summed E-state index contributed by atoms with van der Waals surface area (Å²) in [7, 11) is 0. The topological polar surface area (TPSA) is 86.7 Å². The van der Waals surface area contributed by atoms with Crippen molar-refractivity contribution in [3.8, 4) is 0 Å². The Morgan fingerprint density at radius 1 is 1.20 bits per heavy atom. The van der Waals surface area contributed by atoms with Gasteiger partial charge in [-0.05, 0) is 19.3 Å². The maximum Gasteiger partial charge on any atom is 0.311 e. The van der Waals surface area contributed by atoms with Crippen molar-refractivity contribution in [2.75, 3.05) is 19.6 Å². The first-order valence-corrected chi connectivity index (χ1v) is 7.31. The molecule has 20 heavy (non-hydrogen) atoms. The number of nitrogens with zero attached hydrogens (tertiary/aromatic N) is 1. The Kier molecular flexibility index (Phi) is 4.62. The Balaban J connectivity index is 1.84.